The van der Waals surface area contributed by atoms with Gasteiger partial charge in [0.2, 0.25) is 5.91 Å². The van der Waals surface area contributed by atoms with Gasteiger partial charge in [0.25, 0.3) is 5.91 Å². The maximum absolute atomic E-state index is 12.6. The molecule has 0 spiro atoms. The Bertz CT molecular complexity index is 455. The summed E-state index contributed by atoms with van der Waals surface area (Å²) >= 11 is 0. The van der Waals surface area contributed by atoms with Gasteiger partial charge in [0.05, 0.1) is 0 Å². The zero-order chi connectivity index (χ0) is 14.4. The van der Waals surface area contributed by atoms with Crippen LogP contribution in [0.4, 0.5) is 0 Å². The van der Waals surface area contributed by atoms with Crippen LogP contribution in [0, 0.1) is 0 Å². The first-order chi connectivity index (χ1) is 9.74. The second-order valence-corrected chi connectivity index (χ2v) is 5.48. The third-order valence-electron chi connectivity index (χ3n) is 3.94. The molecule has 0 N–H and O–H groups in total. The van der Waals surface area contributed by atoms with Gasteiger partial charge in [-0.15, -0.1) is 0 Å². The van der Waals surface area contributed by atoms with E-state index in [1.54, 1.807) is 12.1 Å². The van der Waals surface area contributed by atoms with E-state index in [1.807, 2.05) is 18.2 Å². The second kappa shape index (κ2) is 7.22. The van der Waals surface area contributed by atoms with Gasteiger partial charge in [-0.2, -0.15) is 0 Å². The van der Waals surface area contributed by atoms with Crippen LogP contribution in [0.3, 0.4) is 0 Å². The fraction of sp³-hybridized carbons (Fsp3) is 0.529. The molecule has 1 fully saturated rings. The molecule has 1 saturated heterocycles. The van der Waals surface area contributed by atoms with Gasteiger partial charge in [0.1, 0.15) is 0 Å². The number of imide groups is 1. The molecule has 1 aromatic rings. The summed E-state index contributed by atoms with van der Waals surface area (Å²) in [4.78, 5) is 26.5. The minimum atomic E-state index is -0.126. The van der Waals surface area contributed by atoms with E-state index in [0.29, 0.717) is 12.0 Å². The van der Waals surface area contributed by atoms with Crippen LogP contribution in [0.25, 0.3) is 0 Å². The van der Waals surface area contributed by atoms with E-state index in [0.717, 1.165) is 38.5 Å². The third-order valence-corrected chi connectivity index (χ3v) is 3.94. The molecule has 2 amide bonds. The molecule has 0 radical (unpaired) electrons. The number of carbonyl (C=O) groups is 2. The minimum Gasteiger partial charge on any atom is -0.275 e. The maximum Gasteiger partial charge on any atom is 0.260 e. The van der Waals surface area contributed by atoms with Crippen LogP contribution < -0.4 is 0 Å². The summed E-state index contributed by atoms with van der Waals surface area (Å²) in [6.45, 7) is 2.14. The van der Waals surface area contributed by atoms with Crippen LogP contribution in [-0.4, -0.2) is 22.8 Å². The Morgan fingerprint density at radius 2 is 2.00 bits per heavy atom. The van der Waals surface area contributed by atoms with Crippen molar-refractivity contribution in [2.24, 2.45) is 0 Å². The van der Waals surface area contributed by atoms with Crippen molar-refractivity contribution in [3.05, 3.63) is 35.9 Å². The molecule has 3 nitrogen and oxygen atoms in total. The fourth-order valence-electron chi connectivity index (χ4n) is 2.82. The van der Waals surface area contributed by atoms with Gasteiger partial charge in [-0.3, -0.25) is 14.5 Å². The highest BCUT2D eigenvalue weighted by atomic mass is 16.2. The molecule has 1 aliphatic heterocycles. The Hall–Kier alpha value is -1.64. The van der Waals surface area contributed by atoms with Gasteiger partial charge < -0.3 is 0 Å². The Kier molecular flexibility index (Phi) is 5.33. The molecule has 1 atom stereocenters. The standard InChI is InChI=1S/C17H23NO2/c1-2-3-11-15-12-7-8-13-16(19)18(15)17(20)14-9-5-4-6-10-14/h4-6,9-10,15H,2-3,7-8,11-13H2,1H3. The minimum absolute atomic E-state index is 0.00236. The molecule has 2 rings (SSSR count). The molecule has 0 aromatic heterocycles. The van der Waals surface area contributed by atoms with E-state index >= 15 is 0 Å². The van der Waals surface area contributed by atoms with Crippen LogP contribution in [0.1, 0.15) is 62.2 Å². The fourth-order valence-corrected chi connectivity index (χ4v) is 2.82. The maximum atomic E-state index is 12.6. The molecule has 0 aliphatic carbocycles. The highest BCUT2D eigenvalue weighted by Crippen LogP contribution is 2.24. The number of likely N-dealkylation sites (tertiary alicyclic amines) is 1. The number of rotatable bonds is 4. The second-order valence-electron chi connectivity index (χ2n) is 5.48. The van der Waals surface area contributed by atoms with Gasteiger partial charge in [0.15, 0.2) is 0 Å². The van der Waals surface area contributed by atoms with Gasteiger partial charge in [0, 0.05) is 18.0 Å². The molecule has 1 aromatic carbocycles. The summed E-state index contributed by atoms with van der Waals surface area (Å²) < 4.78 is 0. The summed E-state index contributed by atoms with van der Waals surface area (Å²) in [5.74, 6) is -0.129. The van der Waals surface area contributed by atoms with Crippen LogP contribution >= 0.6 is 0 Å². The first kappa shape index (κ1) is 14.8. The van der Waals surface area contributed by atoms with E-state index in [4.69, 9.17) is 0 Å². The number of carbonyl (C=O) groups excluding carboxylic acids is 2. The van der Waals surface area contributed by atoms with Crippen molar-refractivity contribution in [2.45, 2.75) is 57.9 Å². The van der Waals surface area contributed by atoms with Crippen LogP contribution in [0.2, 0.25) is 0 Å². The predicted octanol–water partition coefficient (Wildman–Crippen LogP) is 3.79. The SMILES string of the molecule is CCCCC1CCCCC(=O)N1C(=O)c1ccccc1. The quantitative estimate of drug-likeness (QED) is 0.783. The van der Waals surface area contributed by atoms with Crippen molar-refractivity contribution in [2.75, 3.05) is 0 Å². The lowest BCUT2D eigenvalue weighted by molar-refractivity contribution is -0.130. The smallest absolute Gasteiger partial charge is 0.260 e. The van der Waals surface area contributed by atoms with Crippen molar-refractivity contribution >= 4 is 11.8 Å². The molecule has 1 aliphatic rings. The van der Waals surface area contributed by atoms with E-state index in [2.05, 4.69) is 6.92 Å². The Labute approximate surface area is 121 Å². The normalized spacial score (nSPS) is 19.8. The molecule has 0 bridgehead atoms. The van der Waals surface area contributed by atoms with Gasteiger partial charge >= 0.3 is 0 Å². The monoisotopic (exact) mass is 273 g/mol. The lowest BCUT2D eigenvalue weighted by Gasteiger charge is -2.28. The molecule has 1 unspecified atom stereocenters. The van der Waals surface area contributed by atoms with E-state index in [-0.39, 0.29) is 17.9 Å². The van der Waals surface area contributed by atoms with Crippen LogP contribution in [-0.2, 0) is 4.79 Å². The summed E-state index contributed by atoms with van der Waals surface area (Å²) in [6.07, 6.45) is 6.49. The zero-order valence-electron chi connectivity index (χ0n) is 12.2. The zero-order valence-corrected chi connectivity index (χ0v) is 12.2. The summed E-state index contributed by atoms with van der Waals surface area (Å²) in [5.41, 5.74) is 0.615. The number of nitrogens with zero attached hydrogens (tertiary/aromatic N) is 1. The first-order valence-electron chi connectivity index (χ1n) is 7.65. The Morgan fingerprint density at radius 3 is 2.70 bits per heavy atom. The molecule has 0 saturated carbocycles. The lowest BCUT2D eigenvalue weighted by Crippen LogP contribution is -2.43. The third kappa shape index (κ3) is 3.47. The lowest BCUT2D eigenvalue weighted by atomic mass is 10.0. The highest BCUT2D eigenvalue weighted by molar-refractivity contribution is 6.05. The van der Waals surface area contributed by atoms with E-state index in [1.165, 1.54) is 4.90 Å². The van der Waals surface area contributed by atoms with Crippen LogP contribution in [0.15, 0.2) is 30.3 Å². The van der Waals surface area contributed by atoms with Crippen molar-refractivity contribution in [1.82, 2.24) is 4.90 Å². The average Bonchev–Trinajstić information content (AvgIpc) is 2.67. The largest absolute Gasteiger partial charge is 0.275 e. The van der Waals surface area contributed by atoms with Gasteiger partial charge in [-0.25, -0.2) is 0 Å². The van der Waals surface area contributed by atoms with Gasteiger partial charge in [-0.1, -0.05) is 44.4 Å². The number of unbranched alkanes of at least 4 members (excludes halogenated alkanes) is 1. The summed E-state index contributed by atoms with van der Waals surface area (Å²) in [5, 5.41) is 0. The van der Waals surface area contributed by atoms with Gasteiger partial charge in [-0.05, 0) is 31.4 Å². The topological polar surface area (TPSA) is 37.4 Å². The van der Waals surface area contributed by atoms with E-state index < -0.39 is 0 Å². The average molecular weight is 273 g/mol. The number of benzene rings is 1. The first-order valence-corrected chi connectivity index (χ1v) is 7.65. The molecule has 1 heterocycles. The van der Waals surface area contributed by atoms with Crippen molar-refractivity contribution < 1.29 is 9.59 Å². The molecular formula is C17H23NO2. The molecule has 3 heteroatoms. The molecular weight excluding hydrogens is 250 g/mol. The predicted molar refractivity (Wildman–Crippen MR) is 79.4 cm³/mol. The Balaban J connectivity index is 2.21. The highest BCUT2D eigenvalue weighted by Gasteiger charge is 2.31. The summed E-state index contributed by atoms with van der Waals surface area (Å²) in [6, 6.07) is 9.23. The molecule has 20 heavy (non-hydrogen) atoms. The number of hydrogen-bond donors (Lipinski definition) is 0. The van der Waals surface area contributed by atoms with Crippen molar-refractivity contribution in [3.63, 3.8) is 0 Å². The van der Waals surface area contributed by atoms with Crippen molar-refractivity contribution in [3.8, 4) is 0 Å². The molecule has 108 valence electrons. The summed E-state index contributed by atoms with van der Waals surface area (Å²) in [7, 11) is 0. The van der Waals surface area contributed by atoms with E-state index in [9.17, 15) is 9.59 Å². The van der Waals surface area contributed by atoms with Crippen molar-refractivity contribution in [1.29, 1.82) is 0 Å². The Morgan fingerprint density at radius 1 is 1.25 bits per heavy atom. The number of amides is 2. The number of hydrogen-bond acceptors (Lipinski definition) is 2. The van der Waals surface area contributed by atoms with Crippen LogP contribution in [0.5, 0.6) is 0 Å².